The van der Waals surface area contributed by atoms with E-state index in [1.165, 1.54) is 122 Å². The van der Waals surface area contributed by atoms with Crippen molar-refractivity contribution in [2.75, 3.05) is 13.2 Å². The minimum absolute atomic E-state index is 0.0515. The van der Waals surface area contributed by atoms with Gasteiger partial charge in [-0.05, 0) is 77.0 Å². The number of allylic oxidation sites excluding steroid dienone is 8. The normalized spacial score (nSPS) is 18.3. The van der Waals surface area contributed by atoms with Gasteiger partial charge in [-0.25, -0.2) is 4.79 Å². The van der Waals surface area contributed by atoms with E-state index in [0.29, 0.717) is 19.3 Å². The van der Waals surface area contributed by atoms with Crippen LogP contribution in [0.2, 0.25) is 0 Å². The number of aliphatic carboxylic acids is 1. The molecule has 0 aromatic carbocycles. The van der Waals surface area contributed by atoms with Gasteiger partial charge in [0.1, 0.15) is 18.8 Å². The zero-order chi connectivity index (χ0) is 56.1. The molecule has 0 spiro atoms. The number of hydrogen-bond acceptors (Lipinski definition) is 11. The van der Waals surface area contributed by atoms with Crippen molar-refractivity contribution in [3.8, 4) is 0 Å². The molecule has 1 heterocycles. The van der Waals surface area contributed by atoms with Crippen molar-refractivity contribution in [1.29, 1.82) is 0 Å². The molecule has 0 aliphatic carbocycles. The van der Waals surface area contributed by atoms with E-state index in [1.807, 2.05) is 0 Å². The number of ether oxygens (including phenoxy) is 5. The molecule has 1 rings (SSSR count). The maximum Gasteiger partial charge on any atom is 0.335 e. The van der Waals surface area contributed by atoms with Gasteiger partial charge in [0.05, 0.1) is 6.61 Å². The molecule has 1 aliphatic heterocycles. The van der Waals surface area contributed by atoms with Gasteiger partial charge < -0.3 is 39.0 Å². The van der Waals surface area contributed by atoms with Gasteiger partial charge in [0.25, 0.3) is 0 Å². The molecule has 0 amide bonds. The second-order valence-electron chi connectivity index (χ2n) is 21.7. The third-order valence-electron chi connectivity index (χ3n) is 14.4. The summed E-state index contributed by atoms with van der Waals surface area (Å²) in [5.41, 5.74) is 0. The van der Waals surface area contributed by atoms with E-state index in [0.717, 1.165) is 109 Å². The number of esters is 3. The number of rotatable bonds is 54. The highest BCUT2D eigenvalue weighted by atomic mass is 16.7. The monoisotopic (exact) mass is 1090 g/mol. The zero-order valence-electron chi connectivity index (χ0n) is 49.2. The maximum atomic E-state index is 13.2. The molecule has 6 atom stereocenters. The lowest BCUT2D eigenvalue weighted by molar-refractivity contribution is -0.301. The number of aliphatic hydroxyl groups excluding tert-OH is 2. The van der Waals surface area contributed by atoms with Gasteiger partial charge in [0.2, 0.25) is 0 Å². The number of carbonyl (C=O) groups excluding carboxylic acids is 3. The zero-order valence-corrected chi connectivity index (χ0v) is 49.2. The van der Waals surface area contributed by atoms with Crippen LogP contribution in [-0.2, 0) is 42.9 Å². The summed E-state index contributed by atoms with van der Waals surface area (Å²) in [5, 5.41) is 31.5. The number of carboxylic acid groups (broad SMARTS) is 1. The smallest absolute Gasteiger partial charge is 0.335 e. The second-order valence-corrected chi connectivity index (χ2v) is 21.7. The lowest BCUT2D eigenvalue weighted by Gasteiger charge is -2.40. The molecule has 0 aromatic heterocycles. The van der Waals surface area contributed by atoms with Crippen LogP contribution in [0, 0.1) is 0 Å². The predicted molar refractivity (Wildman–Crippen MR) is 312 cm³/mol. The lowest BCUT2D eigenvalue weighted by atomic mass is 9.98. The summed E-state index contributed by atoms with van der Waals surface area (Å²) in [6.45, 7) is 5.89. The van der Waals surface area contributed by atoms with Gasteiger partial charge in [-0.2, -0.15) is 0 Å². The van der Waals surface area contributed by atoms with Gasteiger partial charge in [0.15, 0.2) is 24.6 Å². The van der Waals surface area contributed by atoms with Crippen LogP contribution < -0.4 is 0 Å². The van der Waals surface area contributed by atoms with E-state index in [1.54, 1.807) is 0 Å². The molecular formula is C65H114O12. The van der Waals surface area contributed by atoms with Crippen LogP contribution in [0.15, 0.2) is 48.6 Å². The first kappa shape index (κ1) is 71.7. The molecule has 77 heavy (non-hydrogen) atoms. The van der Waals surface area contributed by atoms with E-state index in [4.69, 9.17) is 23.7 Å². The fourth-order valence-corrected chi connectivity index (χ4v) is 9.56. The Balaban J connectivity index is 2.67. The molecule has 12 heteroatoms. The summed E-state index contributed by atoms with van der Waals surface area (Å²) in [4.78, 5) is 51.2. The molecule has 0 radical (unpaired) electrons. The van der Waals surface area contributed by atoms with Crippen molar-refractivity contribution >= 4 is 23.9 Å². The van der Waals surface area contributed by atoms with Gasteiger partial charge in [-0.15, -0.1) is 0 Å². The van der Waals surface area contributed by atoms with Crippen LogP contribution in [0.1, 0.15) is 290 Å². The van der Waals surface area contributed by atoms with Crippen molar-refractivity contribution in [3.05, 3.63) is 48.6 Å². The quantitative estimate of drug-likeness (QED) is 0.0228. The summed E-state index contributed by atoms with van der Waals surface area (Å²) >= 11 is 0. The number of carboxylic acids is 1. The van der Waals surface area contributed by atoms with Crippen LogP contribution >= 0.6 is 0 Å². The van der Waals surface area contributed by atoms with E-state index in [-0.39, 0.29) is 25.9 Å². The molecule has 12 nitrogen and oxygen atoms in total. The van der Waals surface area contributed by atoms with Crippen molar-refractivity contribution in [1.82, 2.24) is 0 Å². The molecule has 6 unspecified atom stereocenters. The Labute approximate surface area is 469 Å². The van der Waals surface area contributed by atoms with E-state index >= 15 is 0 Å². The minimum Gasteiger partial charge on any atom is -0.479 e. The average Bonchev–Trinajstić information content (AvgIpc) is 3.42. The molecule has 0 saturated carbocycles. The number of aliphatic hydroxyl groups is 2. The molecule has 1 aliphatic rings. The van der Waals surface area contributed by atoms with Gasteiger partial charge in [-0.1, -0.05) is 243 Å². The van der Waals surface area contributed by atoms with Crippen molar-refractivity contribution in [2.45, 2.75) is 327 Å². The molecule has 1 fully saturated rings. The molecule has 0 aromatic rings. The SMILES string of the molecule is CC/C=C\C/C=C\C/C=C\CCCCCCCCCC(=O)OCC(COC1OC(C(=O)O)C(O)C(O)C1OC(=O)CCCCCCC/C=C\CCCCCC)OC(=O)CCCCCCCCCCCCCCCCCCC. The summed E-state index contributed by atoms with van der Waals surface area (Å²) in [6.07, 6.45) is 52.2. The van der Waals surface area contributed by atoms with E-state index in [2.05, 4.69) is 69.4 Å². The third kappa shape index (κ3) is 43.2. The van der Waals surface area contributed by atoms with Gasteiger partial charge in [-0.3, -0.25) is 14.4 Å². The highest BCUT2D eigenvalue weighted by Gasteiger charge is 2.50. The summed E-state index contributed by atoms with van der Waals surface area (Å²) in [7, 11) is 0. The summed E-state index contributed by atoms with van der Waals surface area (Å²) < 4.78 is 28.5. The lowest BCUT2D eigenvalue weighted by Crippen LogP contribution is -2.61. The number of unbranched alkanes of at least 4 members (excludes halogenated alkanes) is 32. The van der Waals surface area contributed by atoms with Gasteiger partial charge in [0, 0.05) is 19.3 Å². The molecule has 446 valence electrons. The standard InChI is InChI=1S/C65H114O12/c1-4-7-10-13-16-19-22-25-27-29-31-34-36-39-42-45-48-51-57(66)73-54-56(75-58(67)52-49-46-43-40-38-35-32-30-28-26-23-20-17-14-11-8-5-2)55-74-65-63(61(70)60(69)62(77-65)64(71)72)76-59(68)53-50-47-44-41-37-33-24-21-18-15-12-9-6-3/h7,10,16,19,21,24-25,27,56,60-63,65,69-70H,4-6,8-9,11-15,17-18,20,22-23,26,28-55H2,1-3H3,(H,71,72)/b10-7-,19-16-,24-21-,27-25-. The Morgan fingerprint density at radius 1 is 0.442 bits per heavy atom. The van der Waals surface area contributed by atoms with E-state index in [9.17, 15) is 34.5 Å². The highest BCUT2D eigenvalue weighted by Crippen LogP contribution is 2.27. The van der Waals surface area contributed by atoms with Crippen molar-refractivity contribution < 1.29 is 58.2 Å². The molecular weight excluding hydrogens is 973 g/mol. The third-order valence-corrected chi connectivity index (χ3v) is 14.4. The summed E-state index contributed by atoms with van der Waals surface area (Å²) in [6, 6.07) is 0. The molecule has 3 N–H and O–H groups in total. The number of hydrogen-bond donors (Lipinski definition) is 3. The minimum atomic E-state index is -1.90. The predicted octanol–water partition coefficient (Wildman–Crippen LogP) is 16.6. The Kier molecular flexibility index (Phi) is 49.7. The molecule has 1 saturated heterocycles. The maximum absolute atomic E-state index is 13.2. The van der Waals surface area contributed by atoms with Gasteiger partial charge >= 0.3 is 23.9 Å². The Hall–Kier alpha value is -3.32. The fourth-order valence-electron chi connectivity index (χ4n) is 9.56. The largest absolute Gasteiger partial charge is 0.479 e. The number of carbonyl (C=O) groups is 4. The van der Waals surface area contributed by atoms with Crippen LogP contribution in [0.4, 0.5) is 0 Å². The molecule has 0 bridgehead atoms. The summed E-state index contributed by atoms with van der Waals surface area (Å²) in [5.74, 6) is -3.12. The Morgan fingerprint density at radius 2 is 0.818 bits per heavy atom. The Bertz CT molecular complexity index is 1520. The Morgan fingerprint density at radius 3 is 1.27 bits per heavy atom. The first-order chi connectivity index (χ1) is 37.6. The topological polar surface area (TPSA) is 175 Å². The average molecular weight is 1090 g/mol. The first-order valence-corrected chi connectivity index (χ1v) is 31.6. The van der Waals surface area contributed by atoms with E-state index < -0.39 is 67.3 Å². The van der Waals surface area contributed by atoms with Crippen LogP contribution in [0.3, 0.4) is 0 Å². The fraction of sp³-hybridized carbons (Fsp3) is 0.815. The van der Waals surface area contributed by atoms with Crippen molar-refractivity contribution in [2.24, 2.45) is 0 Å². The van der Waals surface area contributed by atoms with Crippen LogP contribution in [0.25, 0.3) is 0 Å². The highest BCUT2D eigenvalue weighted by molar-refractivity contribution is 5.74. The van der Waals surface area contributed by atoms with Crippen LogP contribution in [-0.4, -0.2) is 89.2 Å². The van der Waals surface area contributed by atoms with Crippen molar-refractivity contribution in [3.63, 3.8) is 0 Å². The first-order valence-electron chi connectivity index (χ1n) is 31.6. The van der Waals surface area contributed by atoms with Crippen LogP contribution in [0.5, 0.6) is 0 Å². The second kappa shape index (κ2) is 53.3.